The quantitative estimate of drug-likeness (QED) is 0.780. The van der Waals surface area contributed by atoms with Gasteiger partial charge in [0.05, 0.1) is 0 Å². The van der Waals surface area contributed by atoms with Crippen LogP contribution in [0.25, 0.3) is 0 Å². The fourth-order valence-electron chi connectivity index (χ4n) is 3.60. The Labute approximate surface area is 133 Å². The molecule has 21 heavy (non-hydrogen) atoms. The van der Waals surface area contributed by atoms with Crippen LogP contribution >= 0.6 is 11.8 Å². The van der Waals surface area contributed by atoms with Crippen LogP contribution in [0.1, 0.15) is 45.4 Å². The lowest BCUT2D eigenvalue weighted by Crippen LogP contribution is -2.52. The van der Waals surface area contributed by atoms with Gasteiger partial charge >= 0.3 is 0 Å². The average Bonchev–Trinajstić information content (AvgIpc) is 2.74. The molecule has 1 saturated carbocycles. The van der Waals surface area contributed by atoms with Crippen molar-refractivity contribution in [2.45, 2.75) is 50.8 Å². The molecule has 0 radical (unpaired) electrons. The average molecular weight is 336 g/mol. The summed E-state index contributed by atoms with van der Waals surface area (Å²) in [5.41, 5.74) is -0.0833. The second-order valence-electron chi connectivity index (χ2n) is 6.52. The minimum atomic E-state index is -3.04. The molecule has 2 rings (SSSR count). The Morgan fingerprint density at radius 3 is 2.48 bits per heavy atom. The summed E-state index contributed by atoms with van der Waals surface area (Å²) in [4.78, 5) is 2.15. The molecule has 6 heteroatoms. The van der Waals surface area contributed by atoms with Crippen molar-refractivity contribution in [3.63, 3.8) is 0 Å². The maximum Gasteiger partial charge on any atom is 0.166 e. The van der Waals surface area contributed by atoms with Crippen molar-refractivity contribution in [3.8, 4) is 0 Å². The highest BCUT2D eigenvalue weighted by Gasteiger charge is 2.39. The van der Waals surface area contributed by atoms with E-state index in [9.17, 15) is 13.5 Å². The molecule has 1 heterocycles. The lowest BCUT2D eigenvalue weighted by atomic mass is 9.80. The van der Waals surface area contributed by atoms with Gasteiger partial charge in [0.2, 0.25) is 0 Å². The third-order valence-corrected chi connectivity index (χ3v) is 8.38. The van der Waals surface area contributed by atoms with Gasteiger partial charge in [-0.1, -0.05) is 32.6 Å². The van der Waals surface area contributed by atoms with Crippen LogP contribution in [0.4, 0.5) is 0 Å². The molecule has 1 saturated heterocycles. The standard InChI is InChI=1S/C15H29NO3S2/c1-2-21(18,19)14-11-20-10-9-16(14)12-15(13-17)7-5-3-4-6-8-15/h14,17H,2-13H2,1H3. The van der Waals surface area contributed by atoms with Crippen LogP contribution in [0.2, 0.25) is 0 Å². The lowest BCUT2D eigenvalue weighted by Gasteiger charge is -2.42. The van der Waals surface area contributed by atoms with E-state index in [0.29, 0.717) is 5.75 Å². The van der Waals surface area contributed by atoms with Gasteiger partial charge in [-0.25, -0.2) is 8.42 Å². The maximum atomic E-state index is 12.3. The predicted octanol–water partition coefficient (Wildman–Crippen LogP) is 2.13. The van der Waals surface area contributed by atoms with Crippen LogP contribution in [0, 0.1) is 5.41 Å². The minimum absolute atomic E-state index is 0.0833. The molecule has 124 valence electrons. The number of thioether (sulfide) groups is 1. The molecule has 2 aliphatic rings. The molecule has 1 N–H and O–H groups in total. The van der Waals surface area contributed by atoms with Crippen molar-refractivity contribution < 1.29 is 13.5 Å². The van der Waals surface area contributed by atoms with Gasteiger partial charge in [-0.15, -0.1) is 0 Å². The van der Waals surface area contributed by atoms with Gasteiger partial charge in [0.25, 0.3) is 0 Å². The van der Waals surface area contributed by atoms with Crippen LogP contribution in [-0.4, -0.2) is 60.8 Å². The van der Waals surface area contributed by atoms with Crippen molar-refractivity contribution in [2.75, 3.05) is 37.0 Å². The molecule has 1 atom stereocenters. The zero-order valence-corrected chi connectivity index (χ0v) is 14.7. The lowest BCUT2D eigenvalue weighted by molar-refractivity contribution is 0.0577. The molecule has 1 aliphatic heterocycles. The van der Waals surface area contributed by atoms with E-state index in [2.05, 4.69) is 4.90 Å². The van der Waals surface area contributed by atoms with E-state index < -0.39 is 9.84 Å². The van der Waals surface area contributed by atoms with Crippen molar-refractivity contribution in [2.24, 2.45) is 5.41 Å². The van der Waals surface area contributed by atoms with Gasteiger partial charge in [-0.3, -0.25) is 4.90 Å². The first-order valence-electron chi connectivity index (χ1n) is 8.17. The van der Waals surface area contributed by atoms with Crippen molar-refractivity contribution >= 4 is 21.6 Å². The topological polar surface area (TPSA) is 57.6 Å². The zero-order chi connectivity index (χ0) is 15.3. The van der Waals surface area contributed by atoms with Crippen LogP contribution in [0.3, 0.4) is 0 Å². The molecular weight excluding hydrogens is 306 g/mol. The number of nitrogens with zero attached hydrogens (tertiary/aromatic N) is 1. The summed E-state index contributed by atoms with van der Waals surface area (Å²) in [6, 6.07) is 0. The Bertz CT molecular complexity index is 417. The van der Waals surface area contributed by atoms with Gasteiger partial charge in [0.15, 0.2) is 9.84 Å². The first-order chi connectivity index (χ1) is 10.0. The molecule has 2 fully saturated rings. The van der Waals surface area contributed by atoms with Crippen LogP contribution in [0.15, 0.2) is 0 Å². The predicted molar refractivity (Wildman–Crippen MR) is 89.4 cm³/mol. The Morgan fingerprint density at radius 2 is 1.90 bits per heavy atom. The van der Waals surface area contributed by atoms with Gasteiger partial charge < -0.3 is 5.11 Å². The molecule has 0 spiro atoms. The second kappa shape index (κ2) is 7.66. The molecule has 0 aromatic rings. The van der Waals surface area contributed by atoms with E-state index in [4.69, 9.17) is 0 Å². The summed E-state index contributed by atoms with van der Waals surface area (Å²) < 4.78 is 24.7. The Kier molecular flexibility index (Phi) is 6.41. The number of sulfone groups is 1. The molecule has 0 amide bonds. The normalized spacial score (nSPS) is 28.2. The highest BCUT2D eigenvalue weighted by molar-refractivity contribution is 8.01. The molecule has 0 bridgehead atoms. The Hall–Kier alpha value is 0.220. The summed E-state index contributed by atoms with van der Waals surface area (Å²) in [5, 5.41) is 9.61. The third kappa shape index (κ3) is 4.36. The van der Waals surface area contributed by atoms with E-state index in [1.807, 2.05) is 0 Å². The smallest absolute Gasteiger partial charge is 0.166 e. The van der Waals surface area contributed by atoms with Crippen LogP contribution < -0.4 is 0 Å². The van der Waals surface area contributed by atoms with Gasteiger partial charge in [0.1, 0.15) is 5.37 Å². The highest BCUT2D eigenvalue weighted by Crippen LogP contribution is 2.37. The van der Waals surface area contributed by atoms with E-state index in [1.54, 1.807) is 18.7 Å². The Balaban J connectivity index is 2.13. The first-order valence-corrected chi connectivity index (χ1v) is 11.0. The molecule has 0 aromatic carbocycles. The third-order valence-electron chi connectivity index (χ3n) is 5.05. The summed E-state index contributed by atoms with van der Waals surface area (Å²) in [6.07, 6.45) is 6.88. The van der Waals surface area contributed by atoms with E-state index in [-0.39, 0.29) is 23.1 Å². The molecule has 1 aliphatic carbocycles. The monoisotopic (exact) mass is 335 g/mol. The van der Waals surface area contributed by atoms with Crippen molar-refractivity contribution in [1.29, 1.82) is 0 Å². The van der Waals surface area contributed by atoms with Gasteiger partial charge in [-0.05, 0) is 12.8 Å². The van der Waals surface area contributed by atoms with Crippen LogP contribution in [-0.2, 0) is 9.84 Å². The molecular formula is C15H29NO3S2. The summed E-state index contributed by atoms with van der Waals surface area (Å²) in [7, 11) is -3.04. The fourth-order valence-corrected chi connectivity index (χ4v) is 6.67. The number of rotatable bonds is 5. The first kappa shape index (κ1) is 17.6. The summed E-state index contributed by atoms with van der Waals surface area (Å²) in [6.45, 7) is 3.50. The number of hydrogen-bond donors (Lipinski definition) is 1. The van der Waals surface area contributed by atoms with E-state index >= 15 is 0 Å². The van der Waals surface area contributed by atoms with Crippen molar-refractivity contribution in [3.05, 3.63) is 0 Å². The van der Waals surface area contributed by atoms with E-state index in [1.165, 1.54) is 12.8 Å². The molecule has 4 nitrogen and oxygen atoms in total. The SMILES string of the molecule is CCS(=O)(=O)C1CSCCN1CC1(CO)CCCCCC1. The maximum absolute atomic E-state index is 12.3. The van der Waals surface area contributed by atoms with Gasteiger partial charge in [0, 0.05) is 42.4 Å². The minimum Gasteiger partial charge on any atom is -0.396 e. The summed E-state index contributed by atoms with van der Waals surface area (Å²) >= 11 is 1.74. The largest absolute Gasteiger partial charge is 0.396 e. The van der Waals surface area contributed by atoms with Crippen molar-refractivity contribution in [1.82, 2.24) is 4.90 Å². The van der Waals surface area contributed by atoms with E-state index in [0.717, 1.165) is 44.5 Å². The molecule has 1 unspecified atom stereocenters. The number of hydrogen-bond acceptors (Lipinski definition) is 5. The molecule has 0 aromatic heterocycles. The van der Waals surface area contributed by atoms with Gasteiger partial charge in [-0.2, -0.15) is 11.8 Å². The second-order valence-corrected chi connectivity index (χ2v) is 10.1. The Morgan fingerprint density at radius 1 is 1.24 bits per heavy atom. The zero-order valence-electron chi connectivity index (χ0n) is 13.1. The fraction of sp³-hybridized carbons (Fsp3) is 1.00. The number of aliphatic hydroxyl groups excluding tert-OH is 1. The summed E-state index contributed by atoms with van der Waals surface area (Å²) in [5.74, 6) is 1.88. The number of aliphatic hydroxyl groups is 1. The highest BCUT2D eigenvalue weighted by atomic mass is 32.2. The van der Waals surface area contributed by atoms with Crippen LogP contribution in [0.5, 0.6) is 0 Å².